The van der Waals surface area contributed by atoms with Crippen molar-refractivity contribution in [3.8, 4) is 0 Å². The fourth-order valence-electron chi connectivity index (χ4n) is 3.45. The van der Waals surface area contributed by atoms with Crippen LogP contribution in [-0.4, -0.2) is 49.1 Å². The van der Waals surface area contributed by atoms with E-state index in [9.17, 15) is 0 Å². The van der Waals surface area contributed by atoms with Crippen LogP contribution in [0.25, 0.3) is 0 Å². The highest BCUT2D eigenvalue weighted by Gasteiger charge is 2.15. The molecule has 0 spiro atoms. The molecule has 0 N–H and O–H groups in total. The first kappa shape index (κ1) is 18.0. The van der Waals surface area contributed by atoms with Crippen molar-refractivity contribution in [2.45, 2.75) is 66.2 Å². The molecule has 0 bridgehead atoms. The maximum atomic E-state index is 2.56. The molecule has 2 nitrogen and oxygen atoms in total. The summed E-state index contributed by atoms with van der Waals surface area (Å²) in [7, 11) is 0. The highest BCUT2D eigenvalue weighted by molar-refractivity contribution is 4.70. The second-order valence-corrected chi connectivity index (χ2v) is 6.92. The van der Waals surface area contributed by atoms with Gasteiger partial charge in [0.2, 0.25) is 0 Å². The van der Waals surface area contributed by atoms with Gasteiger partial charge in [0.1, 0.15) is 0 Å². The molecule has 2 aliphatic rings. The molecule has 0 unspecified atom stereocenters. The lowest BCUT2D eigenvalue weighted by Gasteiger charge is -2.33. The minimum atomic E-state index is 0.935. The molecule has 120 valence electrons. The van der Waals surface area contributed by atoms with Gasteiger partial charge in [-0.25, -0.2) is 0 Å². The van der Waals surface area contributed by atoms with Crippen LogP contribution in [0.1, 0.15) is 66.2 Å². The zero-order valence-electron chi connectivity index (χ0n) is 14.5. The highest BCUT2D eigenvalue weighted by Crippen LogP contribution is 2.29. The van der Waals surface area contributed by atoms with Gasteiger partial charge in [-0.2, -0.15) is 0 Å². The molecule has 2 heteroatoms. The topological polar surface area (TPSA) is 6.48 Å². The van der Waals surface area contributed by atoms with E-state index in [-0.39, 0.29) is 0 Å². The lowest BCUT2D eigenvalue weighted by molar-refractivity contribution is 0.137. The summed E-state index contributed by atoms with van der Waals surface area (Å²) in [6.45, 7) is 16.8. The number of nitrogens with zero attached hydrogens (tertiary/aromatic N) is 2. The predicted octanol–water partition coefficient (Wildman–Crippen LogP) is 4.26. The van der Waals surface area contributed by atoms with E-state index in [0.29, 0.717) is 0 Å². The molecular formula is C18H38N2. The van der Waals surface area contributed by atoms with E-state index in [1.807, 2.05) is 0 Å². The second kappa shape index (κ2) is 10.6. The van der Waals surface area contributed by atoms with E-state index in [0.717, 1.165) is 11.8 Å². The highest BCUT2D eigenvalue weighted by atomic mass is 15.3. The summed E-state index contributed by atoms with van der Waals surface area (Å²) in [6.07, 6.45) is 8.76. The Kier molecular flexibility index (Phi) is 9.54. The molecule has 2 fully saturated rings. The Balaban J connectivity index is 0.000000204. The van der Waals surface area contributed by atoms with E-state index in [1.54, 1.807) is 0 Å². The van der Waals surface area contributed by atoms with Gasteiger partial charge >= 0.3 is 0 Å². The normalized spacial score (nSPS) is 22.6. The molecule has 1 aliphatic heterocycles. The first-order valence-electron chi connectivity index (χ1n) is 9.12. The van der Waals surface area contributed by atoms with Gasteiger partial charge in [0.25, 0.3) is 0 Å². The fourth-order valence-corrected chi connectivity index (χ4v) is 3.45. The van der Waals surface area contributed by atoms with Crippen molar-refractivity contribution in [3.63, 3.8) is 0 Å². The summed E-state index contributed by atoms with van der Waals surface area (Å²) >= 11 is 0. The third-order valence-electron chi connectivity index (χ3n) is 5.04. The summed E-state index contributed by atoms with van der Waals surface area (Å²) in [5, 5.41) is 0. The Labute approximate surface area is 127 Å². The van der Waals surface area contributed by atoms with Crippen molar-refractivity contribution in [2.75, 3.05) is 39.3 Å². The van der Waals surface area contributed by atoms with Crippen molar-refractivity contribution >= 4 is 0 Å². The molecule has 20 heavy (non-hydrogen) atoms. The Morgan fingerprint density at radius 1 is 0.850 bits per heavy atom. The average Bonchev–Trinajstić information content (AvgIpc) is 2.50. The number of piperazine rings is 1. The quantitative estimate of drug-likeness (QED) is 0.760. The van der Waals surface area contributed by atoms with Gasteiger partial charge in [-0.05, 0) is 31.3 Å². The standard InChI is InChI=1S/C9H20N2.C9H18/c1-3-5-11-8-6-10(4-2)7-9-11;1-8(2)9-6-4-3-5-7-9/h3-9H2,1-2H3;8-9H,3-7H2,1-2H3. The van der Waals surface area contributed by atoms with Crippen molar-refractivity contribution in [2.24, 2.45) is 11.8 Å². The Morgan fingerprint density at radius 2 is 1.40 bits per heavy atom. The molecular weight excluding hydrogens is 244 g/mol. The fraction of sp³-hybridized carbons (Fsp3) is 1.00. The van der Waals surface area contributed by atoms with Crippen LogP contribution < -0.4 is 0 Å². The molecule has 0 aromatic rings. The zero-order valence-corrected chi connectivity index (χ0v) is 14.5. The van der Waals surface area contributed by atoms with Crippen molar-refractivity contribution in [1.82, 2.24) is 9.80 Å². The average molecular weight is 283 g/mol. The number of hydrogen-bond acceptors (Lipinski definition) is 2. The Hall–Kier alpha value is -0.0800. The molecule has 0 atom stereocenters. The van der Waals surface area contributed by atoms with Gasteiger partial charge in [0.15, 0.2) is 0 Å². The third kappa shape index (κ3) is 7.08. The first-order chi connectivity index (χ1) is 9.67. The molecule has 1 heterocycles. The predicted molar refractivity (Wildman–Crippen MR) is 90.3 cm³/mol. The van der Waals surface area contributed by atoms with Gasteiger partial charge in [-0.15, -0.1) is 0 Å². The van der Waals surface area contributed by atoms with Crippen molar-refractivity contribution in [1.29, 1.82) is 0 Å². The number of hydrogen-bond donors (Lipinski definition) is 0. The summed E-state index contributed by atoms with van der Waals surface area (Å²) in [5.41, 5.74) is 0. The monoisotopic (exact) mass is 282 g/mol. The maximum Gasteiger partial charge on any atom is 0.0110 e. The van der Waals surface area contributed by atoms with Gasteiger partial charge < -0.3 is 9.80 Å². The van der Waals surface area contributed by atoms with E-state index >= 15 is 0 Å². The SMILES string of the molecule is CC(C)C1CCCCC1.CCCN1CCN(CC)CC1. The minimum Gasteiger partial charge on any atom is -0.301 e. The molecule has 0 aromatic heterocycles. The molecule has 0 radical (unpaired) electrons. The second-order valence-electron chi connectivity index (χ2n) is 6.92. The first-order valence-corrected chi connectivity index (χ1v) is 9.12. The zero-order chi connectivity index (χ0) is 14.8. The van der Waals surface area contributed by atoms with Crippen molar-refractivity contribution in [3.05, 3.63) is 0 Å². The maximum absolute atomic E-state index is 2.56. The smallest absolute Gasteiger partial charge is 0.0110 e. The van der Waals surface area contributed by atoms with Crippen LogP contribution in [-0.2, 0) is 0 Å². The van der Waals surface area contributed by atoms with Crippen LogP contribution in [0.15, 0.2) is 0 Å². The van der Waals surface area contributed by atoms with E-state index < -0.39 is 0 Å². The third-order valence-corrected chi connectivity index (χ3v) is 5.04. The van der Waals surface area contributed by atoms with Crippen LogP contribution in [0.4, 0.5) is 0 Å². The van der Waals surface area contributed by atoms with Crippen LogP contribution in [0.5, 0.6) is 0 Å². The molecule has 1 saturated carbocycles. The number of rotatable bonds is 4. The van der Waals surface area contributed by atoms with Gasteiger partial charge in [0.05, 0.1) is 0 Å². The van der Waals surface area contributed by atoms with Crippen LogP contribution in [0.3, 0.4) is 0 Å². The summed E-state index contributed by atoms with van der Waals surface area (Å²) < 4.78 is 0. The van der Waals surface area contributed by atoms with Crippen LogP contribution >= 0.6 is 0 Å². The summed E-state index contributed by atoms with van der Waals surface area (Å²) in [6, 6.07) is 0. The summed E-state index contributed by atoms with van der Waals surface area (Å²) in [4.78, 5) is 5.08. The summed E-state index contributed by atoms with van der Waals surface area (Å²) in [5.74, 6) is 1.99. The Bertz CT molecular complexity index is 213. The molecule has 0 aromatic carbocycles. The van der Waals surface area contributed by atoms with E-state index in [2.05, 4.69) is 37.5 Å². The van der Waals surface area contributed by atoms with E-state index in [4.69, 9.17) is 0 Å². The van der Waals surface area contributed by atoms with Crippen LogP contribution in [0, 0.1) is 11.8 Å². The Morgan fingerprint density at radius 3 is 1.80 bits per heavy atom. The minimum absolute atomic E-state index is 0.935. The van der Waals surface area contributed by atoms with Gasteiger partial charge in [-0.1, -0.05) is 59.8 Å². The largest absolute Gasteiger partial charge is 0.301 e. The molecule has 1 aliphatic carbocycles. The van der Waals surface area contributed by atoms with E-state index in [1.165, 1.54) is 77.8 Å². The van der Waals surface area contributed by atoms with Gasteiger partial charge in [0, 0.05) is 26.2 Å². The number of likely N-dealkylation sites (N-methyl/N-ethyl adjacent to an activating group) is 1. The lowest BCUT2D eigenvalue weighted by atomic mass is 9.82. The molecule has 2 rings (SSSR count). The van der Waals surface area contributed by atoms with Crippen molar-refractivity contribution < 1.29 is 0 Å². The molecule has 1 saturated heterocycles. The van der Waals surface area contributed by atoms with Crippen LogP contribution in [0.2, 0.25) is 0 Å². The molecule has 0 amide bonds. The van der Waals surface area contributed by atoms with Gasteiger partial charge in [-0.3, -0.25) is 0 Å². The lowest BCUT2D eigenvalue weighted by Crippen LogP contribution is -2.46.